The van der Waals surface area contributed by atoms with E-state index in [0.29, 0.717) is 17.9 Å². The second-order valence-electron chi connectivity index (χ2n) is 2.33. The number of pyridine rings is 1. The zero-order valence-corrected chi connectivity index (χ0v) is 7.61. The lowest BCUT2D eigenvalue weighted by atomic mass is 10.2. The molecule has 1 aromatic rings. The Bertz CT molecular complexity index is 354. The van der Waals surface area contributed by atoms with E-state index in [1.165, 1.54) is 6.07 Å². The SMILES string of the molecule is Nc1ncc(F)cc1C#CCCCl. The molecule has 4 heteroatoms. The van der Waals surface area contributed by atoms with Crippen LogP contribution < -0.4 is 5.73 Å². The Morgan fingerprint density at radius 2 is 2.38 bits per heavy atom. The van der Waals surface area contributed by atoms with Crippen LogP contribution in [0.25, 0.3) is 0 Å². The van der Waals surface area contributed by atoms with Crippen LogP contribution in [0.15, 0.2) is 12.3 Å². The molecule has 0 aliphatic carbocycles. The van der Waals surface area contributed by atoms with E-state index in [4.69, 9.17) is 17.3 Å². The lowest BCUT2D eigenvalue weighted by Crippen LogP contribution is -1.95. The summed E-state index contributed by atoms with van der Waals surface area (Å²) in [6, 6.07) is 1.25. The molecule has 0 bridgehead atoms. The Hall–Kier alpha value is -1.27. The van der Waals surface area contributed by atoms with E-state index in [0.717, 1.165) is 6.20 Å². The maximum absolute atomic E-state index is 12.6. The molecule has 0 spiro atoms. The smallest absolute Gasteiger partial charge is 0.142 e. The Morgan fingerprint density at radius 3 is 3.08 bits per heavy atom. The number of nitrogens with zero attached hydrogens (tertiary/aromatic N) is 1. The van der Waals surface area contributed by atoms with Gasteiger partial charge in [0.1, 0.15) is 11.6 Å². The number of anilines is 1. The summed E-state index contributed by atoms with van der Waals surface area (Å²) >= 11 is 5.42. The molecule has 68 valence electrons. The largest absolute Gasteiger partial charge is 0.383 e. The van der Waals surface area contributed by atoms with Crippen molar-refractivity contribution in [2.75, 3.05) is 11.6 Å². The van der Waals surface area contributed by atoms with Crippen molar-refractivity contribution in [1.82, 2.24) is 4.98 Å². The van der Waals surface area contributed by atoms with Crippen molar-refractivity contribution < 1.29 is 4.39 Å². The van der Waals surface area contributed by atoms with Gasteiger partial charge in [-0.2, -0.15) is 0 Å². The van der Waals surface area contributed by atoms with Crippen molar-refractivity contribution in [3.05, 3.63) is 23.6 Å². The number of halogens is 2. The quantitative estimate of drug-likeness (QED) is 0.552. The Kier molecular flexibility index (Phi) is 3.53. The predicted molar refractivity (Wildman–Crippen MR) is 50.8 cm³/mol. The molecule has 0 unspecified atom stereocenters. The molecule has 0 aliphatic heterocycles. The molecule has 0 amide bonds. The van der Waals surface area contributed by atoms with Gasteiger partial charge in [-0.25, -0.2) is 9.37 Å². The van der Waals surface area contributed by atoms with Gasteiger partial charge in [0, 0.05) is 12.3 Å². The van der Waals surface area contributed by atoms with Crippen LogP contribution in [0.4, 0.5) is 10.2 Å². The Labute approximate surface area is 80.9 Å². The van der Waals surface area contributed by atoms with Crippen LogP contribution in [0.5, 0.6) is 0 Å². The summed E-state index contributed by atoms with van der Waals surface area (Å²) in [5.41, 5.74) is 5.87. The summed E-state index contributed by atoms with van der Waals surface area (Å²) in [7, 11) is 0. The van der Waals surface area contributed by atoms with E-state index >= 15 is 0 Å². The van der Waals surface area contributed by atoms with Gasteiger partial charge in [-0.15, -0.1) is 11.6 Å². The van der Waals surface area contributed by atoms with Crippen LogP contribution >= 0.6 is 11.6 Å². The maximum Gasteiger partial charge on any atom is 0.142 e. The zero-order valence-electron chi connectivity index (χ0n) is 6.85. The fourth-order valence-corrected chi connectivity index (χ4v) is 0.849. The number of aromatic nitrogens is 1. The molecule has 13 heavy (non-hydrogen) atoms. The fraction of sp³-hybridized carbons (Fsp3) is 0.222. The van der Waals surface area contributed by atoms with Gasteiger partial charge in [-0.05, 0) is 6.07 Å². The van der Waals surface area contributed by atoms with E-state index in [1.807, 2.05) is 0 Å². The second-order valence-corrected chi connectivity index (χ2v) is 2.71. The molecular weight excluding hydrogens is 191 g/mol. The van der Waals surface area contributed by atoms with Gasteiger partial charge in [-0.3, -0.25) is 0 Å². The van der Waals surface area contributed by atoms with E-state index in [-0.39, 0.29) is 5.82 Å². The minimum absolute atomic E-state index is 0.239. The van der Waals surface area contributed by atoms with Crippen LogP contribution in [-0.2, 0) is 0 Å². The average molecular weight is 199 g/mol. The molecule has 0 fully saturated rings. The molecular formula is C9H8ClFN2. The third-order valence-corrected chi connectivity index (χ3v) is 1.52. The van der Waals surface area contributed by atoms with E-state index in [2.05, 4.69) is 16.8 Å². The summed E-state index contributed by atoms with van der Waals surface area (Å²) in [5, 5.41) is 0. The molecule has 0 saturated heterocycles. The molecule has 0 radical (unpaired) electrons. The van der Waals surface area contributed by atoms with Crippen LogP contribution in [0, 0.1) is 17.7 Å². The van der Waals surface area contributed by atoms with Crippen molar-refractivity contribution in [2.24, 2.45) is 0 Å². The second kappa shape index (κ2) is 4.68. The number of hydrogen-bond donors (Lipinski definition) is 1. The summed E-state index contributed by atoms with van der Waals surface area (Å²) in [5.74, 6) is 5.70. The van der Waals surface area contributed by atoms with Crippen LogP contribution in [0.3, 0.4) is 0 Å². The lowest BCUT2D eigenvalue weighted by Gasteiger charge is -1.95. The first-order valence-electron chi connectivity index (χ1n) is 3.70. The first kappa shape index (κ1) is 9.82. The topological polar surface area (TPSA) is 38.9 Å². The predicted octanol–water partition coefficient (Wildman–Crippen LogP) is 1.78. The average Bonchev–Trinajstić information content (AvgIpc) is 2.11. The number of nitrogen functional groups attached to an aromatic ring is 1. The summed E-state index contributed by atoms with van der Waals surface area (Å²) in [4.78, 5) is 3.62. The Morgan fingerprint density at radius 1 is 1.62 bits per heavy atom. The number of hydrogen-bond acceptors (Lipinski definition) is 2. The van der Waals surface area contributed by atoms with Gasteiger partial charge in [-0.1, -0.05) is 11.8 Å². The van der Waals surface area contributed by atoms with E-state index in [9.17, 15) is 4.39 Å². The van der Waals surface area contributed by atoms with Gasteiger partial charge < -0.3 is 5.73 Å². The van der Waals surface area contributed by atoms with Gasteiger partial charge in [0.25, 0.3) is 0 Å². The molecule has 1 rings (SSSR count). The summed E-state index contributed by atoms with van der Waals surface area (Å²) in [6.07, 6.45) is 1.61. The van der Waals surface area contributed by atoms with Gasteiger partial charge in [0.15, 0.2) is 0 Å². The minimum atomic E-state index is -0.440. The molecule has 2 N–H and O–H groups in total. The number of nitrogens with two attached hydrogens (primary N) is 1. The number of rotatable bonds is 1. The number of alkyl halides is 1. The third kappa shape index (κ3) is 2.92. The molecule has 0 atom stereocenters. The maximum atomic E-state index is 12.6. The van der Waals surface area contributed by atoms with E-state index in [1.54, 1.807) is 0 Å². The highest BCUT2D eigenvalue weighted by atomic mass is 35.5. The van der Waals surface area contributed by atoms with E-state index < -0.39 is 5.82 Å². The third-order valence-electron chi connectivity index (χ3n) is 1.33. The van der Waals surface area contributed by atoms with Crippen molar-refractivity contribution in [1.29, 1.82) is 0 Å². The van der Waals surface area contributed by atoms with Crippen LogP contribution in [0.1, 0.15) is 12.0 Å². The Balaban J connectivity index is 2.89. The standard InChI is InChI=1S/C9H8ClFN2/c10-4-2-1-3-7-5-8(11)6-13-9(7)12/h5-6H,2,4H2,(H2,12,13). The molecule has 0 aliphatic rings. The molecule has 2 nitrogen and oxygen atoms in total. The highest BCUT2D eigenvalue weighted by Crippen LogP contribution is 2.07. The molecule has 1 aromatic heterocycles. The van der Waals surface area contributed by atoms with Crippen LogP contribution in [-0.4, -0.2) is 10.9 Å². The highest BCUT2D eigenvalue weighted by molar-refractivity contribution is 6.18. The first-order valence-corrected chi connectivity index (χ1v) is 4.23. The zero-order chi connectivity index (χ0) is 9.68. The monoisotopic (exact) mass is 198 g/mol. The molecule has 1 heterocycles. The van der Waals surface area contributed by atoms with Gasteiger partial charge >= 0.3 is 0 Å². The minimum Gasteiger partial charge on any atom is -0.383 e. The highest BCUT2D eigenvalue weighted by Gasteiger charge is 1.97. The fourth-order valence-electron chi connectivity index (χ4n) is 0.755. The summed E-state index contributed by atoms with van der Waals surface area (Å²) in [6.45, 7) is 0. The van der Waals surface area contributed by atoms with Crippen molar-refractivity contribution in [3.8, 4) is 11.8 Å². The van der Waals surface area contributed by atoms with Gasteiger partial charge in [0.05, 0.1) is 11.8 Å². The van der Waals surface area contributed by atoms with Gasteiger partial charge in [0.2, 0.25) is 0 Å². The van der Waals surface area contributed by atoms with Crippen molar-refractivity contribution in [2.45, 2.75) is 6.42 Å². The van der Waals surface area contributed by atoms with Crippen LogP contribution in [0.2, 0.25) is 0 Å². The summed E-state index contributed by atoms with van der Waals surface area (Å²) < 4.78 is 12.6. The molecule has 0 saturated carbocycles. The van der Waals surface area contributed by atoms with Crippen molar-refractivity contribution >= 4 is 17.4 Å². The normalized spacial score (nSPS) is 9.08. The molecule has 0 aromatic carbocycles. The van der Waals surface area contributed by atoms with Crippen molar-refractivity contribution in [3.63, 3.8) is 0 Å². The first-order chi connectivity index (χ1) is 6.24. The lowest BCUT2D eigenvalue weighted by molar-refractivity contribution is 0.621.